The van der Waals surface area contributed by atoms with Gasteiger partial charge in [0.1, 0.15) is 12.4 Å². The second-order valence-electron chi connectivity index (χ2n) is 6.39. The van der Waals surface area contributed by atoms with E-state index in [0.717, 1.165) is 38.5 Å². The van der Waals surface area contributed by atoms with E-state index in [-0.39, 0.29) is 17.5 Å². The van der Waals surface area contributed by atoms with E-state index >= 15 is 0 Å². The number of nitrogens with zero attached hydrogens (tertiary/aromatic N) is 2. The third kappa shape index (κ3) is 4.61. The lowest BCUT2D eigenvalue weighted by Crippen LogP contribution is -2.54. The van der Waals surface area contributed by atoms with Crippen molar-refractivity contribution >= 4 is 21.4 Å². The van der Waals surface area contributed by atoms with Crippen molar-refractivity contribution in [2.45, 2.75) is 12.1 Å². The first-order valence-electron chi connectivity index (χ1n) is 8.16. The van der Waals surface area contributed by atoms with E-state index in [1.807, 2.05) is 12.1 Å². The van der Waals surface area contributed by atoms with Crippen molar-refractivity contribution in [1.29, 1.82) is 0 Å². The summed E-state index contributed by atoms with van der Waals surface area (Å²) in [7, 11) is -3.09. The van der Waals surface area contributed by atoms with E-state index in [1.54, 1.807) is 12.1 Å². The molecule has 2 saturated heterocycles. The number of rotatable bonds is 5. The van der Waals surface area contributed by atoms with E-state index < -0.39 is 15.9 Å². The summed E-state index contributed by atoms with van der Waals surface area (Å²) in [5.74, 6) is 0.776. The molecule has 8 heteroatoms. The van der Waals surface area contributed by atoms with Crippen LogP contribution in [-0.2, 0) is 9.84 Å². The van der Waals surface area contributed by atoms with Crippen molar-refractivity contribution in [2.24, 2.45) is 0 Å². The lowest BCUT2D eigenvalue weighted by atomic mass is 10.1. The fourth-order valence-electron chi connectivity index (χ4n) is 3.30. The number of piperazine rings is 1. The van der Waals surface area contributed by atoms with Crippen LogP contribution >= 0.6 is 11.6 Å². The first-order chi connectivity index (χ1) is 11.4. The molecule has 1 N–H and O–H groups in total. The Hall–Kier alpha value is -0.860. The van der Waals surface area contributed by atoms with Gasteiger partial charge in [-0.3, -0.25) is 9.80 Å². The first kappa shape index (κ1) is 17.9. The SMILES string of the molecule is O=S1(=O)C[C@@H](O)[C@H](N2CCN(CCOc3ccc(Cl)cc3)CC2)C1. The summed E-state index contributed by atoms with van der Waals surface area (Å²) < 4.78 is 29.0. The lowest BCUT2D eigenvalue weighted by molar-refractivity contribution is 0.0410. The van der Waals surface area contributed by atoms with Gasteiger partial charge in [0.15, 0.2) is 9.84 Å². The molecule has 2 atom stereocenters. The minimum Gasteiger partial charge on any atom is -0.492 e. The van der Waals surface area contributed by atoms with Crippen LogP contribution in [-0.4, -0.2) is 86.3 Å². The molecule has 0 amide bonds. The van der Waals surface area contributed by atoms with Crippen LogP contribution in [0.2, 0.25) is 5.02 Å². The highest BCUT2D eigenvalue weighted by atomic mass is 35.5. The van der Waals surface area contributed by atoms with Crippen LogP contribution in [0.1, 0.15) is 0 Å². The minimum atomic E-state index is -3.09. The Morgan fingerprint density at radius 1 is 1.12 bits per heavy atom. The van der Waals surface area contributed by atoms with Gasteiger partial charge in [-0.05, 0) is 24.3 Å². The highest BCUT2D eigenvalue weighted by molar-refractivity contribution is 7.91. The van der Waals surface area contributed by atoms with Gasteiger partial charge in [-0.2, -0.15) is 0 Å². The van der Waals surface area contributed by atoms with Crippen molar-refractivity contribution < 1.29 is 18.3 Å². The molecule has 0 aliphatic carbocycles. The number of aliphatic hydroxyl groups excluding tert-OH is 1. The highest BCUT2D eigenvalue weighted by Gasteiger charge is 2.40. The third-order valence-electron chi connectivity index (χ3n) is 4.66. The predicted octanol–water partition coefficient (Wildman–Crippen LogP) is 0.494. The smallest absolute Gasteiger partial charge is 0.154 e. The van der Waals surface area contributed by atoms with E-state index in [0.29, 0.717) is 11.6 Å². The van der Waals surface area contributed by atoms with Crippen molar-refractivity contribution in [1.82, 2.24) is 9.80 Å². The fourth-order valence-corrected chi connectivity index (χ4v) is 5.26. The van der Waals surface area contributed by atoms with Crippen LogP contribution in [0, 0.1) is 0 Å². The largest absolute Gasteiger partial charge is 0.492 e. The minimum absolute atomic E-state index is 0.0772. The van der Waals surface area contributed by atoms with Gasteiger partial charge in [0, 0.05) is 37.7 Å². The molecule has 134 valence electrons. The average molecular weight is 375 g/mol. The summed E-state index contributed by atoms with van der Waals surface area (Å²) in [6, 6.07) is 7.06. The van der Waals surface area contributed by atoms with E-state index in [1.165, 1.54) is 0 Å². The van der Waals surface area contributed by atoms with Crippen LogP contribution < -0.4 is 4.74 Å². The van der Waals surface area contributed by atoms with Gasteiger partial charge in [-0.25, -0.2) is 8.42 Å². The molecule has 0 radical (unpaired) electrons. The van der Waals surface area contributed by atoms with Gasteiger partial charge >= 0.3 is 0 Å². The summed E-state index contributed by atoms with van der Waals surface area (Å²) in [4.78, 5) is 4.40. The standard InChI is InChI=1S/C16H23ClN2O4S/c17-13-1-3-14(4-2-13)23-10-9-18-5-7-19(8-6-18)15-11-24(21,22)12-16(15)20/h1-4,15-16,20H,5-12H2/t15-,16-/m1/s1. The maximum absolute atomic E-state index is 11.6. The molecular weight excluding hydrogens is 352 g/mol. The predicted molar refractivity (Wildman–Crippen MR) is 93.4 cm³/mol. The molecule has 2 heterocycles. The molecule has 3 rings (SSSR count). The Morgan fingerprint density at radius 2 is 1.79 bits per heavy atom. The number of sulfone groups is 1. The molecule has 1 aromatic rings. The van der Waals surface area contributed by atoms with Crippen molar-refractivity contribution in [2.75, 3.05) is 50.8 Å². The summed E-state index contributed by atoms with van der Waals surface area (Å²) in [5, 5.41) is 10.7. The highest BCUT2D eigenvalue weighted by Crippen LogP contribution is 2.20. The molecule has 24 heavy (non-hydrogen) atoms. The molecule has 0 spiro atoms. The zero-order valence-electron chi connectivity index (χ0n) is 13.5. The van der Waals surface area contributed by atoms with Gasteiger partial charge in [-0.15, -0.1) is 0 Å². The van der Waals surface area contributed by atoms with Crippen LogP contribution in [0.5, 0.6) is 5.75 Å². The third-order valence-corrected chi connectivity index (χ3v) is 6.61. The Labute approximate surface area is 147 Å². The zero-order valence-corrected chi connectivity index (χ0v) is 15.0. The lowest BCUT2D eigenvalue weighted by Gasteiger charge is -2.38. The number of halogens is 1. The number of ether oxygens (including phenoxy) is 1. The van der Waals surface area contributed by atoms with Crippen LogP contribution in [0.4, 0.5) is 0 Å². The molecule has 6 nitrogen and oxygen atoms in total. The molecule has 1 aromatic carbocycles. The van der Waals surface area contributed by atoms with Gasteiger partial charge < -0.3 is 9.84 Å². The van der Waals surface area contributed by atoms with Crippen LogP contribution in [0.3, 0.4) is 0 Å². The summed E-state index contributed by atoms with van der Waals surface area (Å²) in [6.07, 6.45) is -0.755. The molecule has 2 aliphatic heterocycles. The Morgan fingerprint density at radius 3 is 2.38 bits per heavy atom. The number of hydrogen-bond acceptors (Lipinski definition) is 6. The molecule has 2 fully saturated rings. The van der Waals surface area contributed by atoms with Gasteiger partial charge in [0.25, 0.3) is 0 Å². The normalized spacial score (nSPS) is 28.1. The van der Waals surface area contributed by atoms with E-state index in [4.69, 9.17) is 16.3 Å². The number of benzene rings is 1. The second kappa shape index (κ2) is 7.58. The van der Waals surface area contributed by atoms with Crippen LogP contribution in [0.25, 0.3) is 0 Å². The van der Waals surface area contributed by atoms with Crippen molar-refractivity contribution in [3.63, 3.8) is 0 Å². The van der Waals surface area contributed by atoms with Gasteiger partial charge in [0.2, 0.25) is 0 Å². The molecule has 0 saturated carbocycles. The Kier molecular flexibility index (Phi) is 5.66. The molecular formula is C16H23ClN2O4S. The van der Waals surface area contributed by atoms with Crippen LogP contribution in [0.15, 0.2) is 24.3 Å². The van der Waals surface area contributed by atoms with E-state index in [2.05, 4.69) is 9.80 Å². The monoisotopic (exact) mass is 374 g/mol. The summed E-state index contributed by atoms with van der Waals surface area (Å²) in [5.41, 5.74) is 0. The summed E-state index contributed by atoms with van der Waals surface area (Å²) >= 11 is 5.84. The average Bonchev–Trinajstić information content (AvgIpc) is 2.83. The van der Waals surface area contributed by atoms with Crippen molar-refractivity contribution in [3.05, 3.63) is 29.3 Å². The van der Waals surface area contributed by atoms with Crippen molar-refractivity contribution in [3.8, 4) is 5.75 Å². The Bertz CT molecular complexity index is 645. The summed E-state index contributed by atoms with van der Waals surface area (Å²) in [6.45, 7) is 4.68. The molecule has 0 bridgehead atoms. The van der Waals surface area contributed by atoms with Gasteiger partial charge in [0.05, 0.1) is 23.7 Å². The Balaban J connectivity index is 1.40. The first-order valence-corrected chi connectivity index (χ1v) is 10.4. The second-order valence-corrected chi connectivity index (χ2v) is 8.98. The molecule has 0 unspecified atom stereocenters. The molecule has 0 aromatic heterocycles. The number of hydrogen-bond donors (Lipinski definition) is 1. The maximum atomic E-state index is 11.6. The number of aliphatic hydroxyl groups is 1. The fraction of sp³-hybridized carbons (Fsp3) is 0.625. The topological polar surface area (TPSA) is 70.1 Å². The quantitative estimate of drug-likeness (QED) is 0.809. The zero-order chi connectivity index (χ0) is 17.2. The maximum Gasteiger partial charge on any atom is 0.154 e. The van der Waals surface area contributed by atoms with Gasteiger partial charge in [-0.1, -0.05) is 11.6 Å². The molecule has 2 aliphatic rings. The van der Waals surface area contributed by atoms with E-state index in [9.17, 15) is 13.5 Å².